The highest BCUT2D eigenvalue weighted by Gasteiger charge is 2.37. The van der Waals surface area contributed by atoms with Crippen LogP contribution in [0.4, 0.5) is 11.4 Å². The predicted molar refractivity (Wildman–Crippen MR) is 108 cm³/mol. The minimum absolute atomic E-state index is 0.0662. The lowest BCUT2D eigenvalue weighted by molar-refractivity contribution is -0.116. The summed E-state index contributed by atoms with van der Waals surface area (Å²) in [7, 11) is -0.867. The molecule has 0 atom stereocenters. The molecule has 3 rings (SSSR count). The maximum Gasteiger partial charge on any atom is 0.262 e. The van der Waals surface area contributed by atoms with E-state index in [0.29, 0.717) is 23.7 Å². The van der Waals surface area contributed by atoms with Gasteiger partial charge in [0, 0.05) is 30.6 Å². The number of anilines is 2. The van der Waals surface area contributed by atoms with Crippen LogP contribution in [0.3, 0.4) is 0 Å². The average molecular weight is 404 g/mol. The zero-order chi connectivity index (χ0) is 20.7. The van der Waals surface area contributed by atoms with Crippen molar-refractivity contribution in [2.45, 2.75) is 31.1 Å². The summed E-state index contributed by atoms with van der Waals surface area (Å²) in [4.78, 5) is 13.7. The van der Waals surface area contributed by atoms with E-state index in [1.54, 1.807) is 35.2 Å². The zero-order valence-corrected chi connectivity index (χ0v) is 17.4. The highest BCUT2D eigenvalue weighted by Crippen LogP contribution is 2.42. The number of amides is 1. The van der Waals surface area contributed by atoms with Gasteiger partial charge in [0.05, 0.1) is 24.8 Å². The standard InChI is InChI=1S/C20H24N2O5S/c1-13(23)22-12-20(2,3)16-11-15(7-9-18(16)22)28(24,25)21-17-8-6-14(26-4)10-19(17)27-5/h6-11,21H,12H2,1-5H3. The molecule has 0 aliphatic carbocycles. The third-order valence-corrected chi connectivity index (χ3v) is 6.25. The van der Waals surface area contributed by atoms with Crippen molar-refractivity contribution >= 4 is 27.3 Å². The average Bonchev–Trinajstić information content (AvgIpc) is 2.93. The van der Waals surface area contributed by atoms with E-state index in [4.69, 9.17) is 9.47 Å². The number of carbonyl (C=O) groups is 1. The number of ether oxygens (including phenoxy) is 2. The van der Waals surface area contributed by atoms with Crippen LogP contribution in [0, 0.1) is 0 Å². The van der Waals surface area contributed by atoms with Gasteiger partial charge in [-0.2, -0.15) is 0 Å². The summed E-state index contributed by atoms with van der Waals surface area (Å²) in [6.45, 7) is 6.00. The first-order valence-corrected chi connectivity index (χ1v) is 10.2. The van der Waals surface area contributed by atoms with Crippen molar-refractivity contribution in [3.05, 3.63) is 42.0 Å². The van der Waals surface area contributed by atoms with Gasteiger partial charge in [-0.1, -0.05) is 13.8 Å². The zero-order valence-electron chi connectivity index (χ0n) is 16.6. The molecule has 1 amide bonds. The fourth-order valence-electron chi connectivity index (χ4n) is 3.39. The Morgan fingerprint density at radius 3 is 2.43 bits per heavy atom. The van der Waals surface area contributed by atoms with Gasteiger partial charge in [0.15, 0.2) is 0 Å². The molecule has 0 aromatic heterocycles. The summed E-state index contributed by atoms with van der Waals surface area (Å²) in [6.07, 6.45) is 0. The minimum atomic E-state index is -3.85. The Bertz CT molecular complexity index is 1030. The smallest absolute Gasteiger partial charge is 0.262 e. The van der Waals surface area contributed by atoms with Gasteiger partial charge in [-0.25, -0.2) is 8.42 Å². The highest BCUT2D eigenvalue weighted by atomic mass is 32.2. The van der Waals surface area contributed by atoms with E-state index in [2.05, 4.69) is 4.72 Å². The first kappa shape index (κ1) is 20.0. The summed E-state index contributed by atoms with van der Waals surface area (Å²) in [5.41, 5.74) is 1.55. The van der Waals surface area contributed by atoms with Crippen LogP contribution in [-0.4, -0.2) is 35.1 Å². The van der Waals surface area contributed by atoms with Gasteiger partial charge in [0.2, 0.25) is 5.91 Å². The number of sulfonamides is 1. The molecule has 0 spiro atoms. The second-order valence-corrected chi connectivity index (χ2v) is 9.02. The quantitative estimate of drug-likeness (QED) is 0.828. The van der Waals surface area contributed by atoms with Crippen molar-refractivity contribution in [1.29, 1.82) is 0 Å². The molecule has 150 valence electrons. The monoisotopic (exact) mass is 404 g/mol. The van der Waals surface area contributed by atoms with Crippen LogP contribution in [0.1, 0.15) is 26.3 Å². The van der Waals surface area contributed by atoms with Crippen molar-refractivity contribution in [2.24, 2.45) is 0 Å². The normalized spacial score (nSPS) is 15.1. The number of benzene rings is 2. The van der Waals surface area contributed by atoms with Crippen LogP contribution in [0.2, 0.25) is 0 Å². The lowest BCUT2D eigenvalue weighted by atomic mass is 9.87. The number of fused-ring (bicyclic) bond motifs is 1. The van der Waals surface area contributed by atoms with Gasteiger partial charge in [0.1, 0.15) is 11.5 Å². The van der Waals surface area contributed by atoms with Crippen molar-refractivity contribution in [3.8, 4) is 11.5 Å². The molecule has 7 nitrogen and oxygen atoms in total. The summed E-state index contributed by atoms with van der Waals surface area (Å²) in [5, 5.41) is 0. The molecule has 0 saturated carbocycles. The number of hydrogen-bond acceptors (Lipinski definition) is 5. The number of methoxy groups -OCH3 is 2. The van der Waals surface area contributed by atoms with Gasteiger partial charge in [-0.05, 0) is 35.9 Å². The van der Waals surface area contributed by atoms with E-state index in [9.17, 15) is 13.2 Å². The fourth-order valence-corrected chi connectivity index (χ4v) is 4.49. The van der Waals surface area contributed by atoms with Crippen LogP contribution in [0.5, 0.6) is 11.5 Å². The largest absolute Gasteiger partial charge is 0.497 e. The van der Waals surface area contributed by atoms with Crippen LogP contribution in [-0.2, 0) is 20.2 Å². The lowest BCUT2D eigenvalue weighted by Gasteiger charge is -2.19. The molecule has 0 saturated heterocycles. The van der Waals surface area contributed by atoms with Crippen LogP contribution in [0.25, 0.3) is 0 Å². The van der Waals surface area contributed by atoms with E-state index in [-0.39, 0.29) is 16.2 Å². The number of rotatable bonds is 5. The highest BCUT2D eigenvalue weighted by molar-refractivity contribution is 7.92. The SMILES string of the molecule is COc1ccc(NS(=O)(=O)c2ccc3c(c2)C(C)(C)CN3C(C)=O)c(OC)c1. The molecule has 1 aliphatic heterocycles. The molecular weight excluding hydrogens is 380 g/mol. The third kappa shape index (κ3) is 3.52. The van der Waals surface area contributed by atoms with Crippen LogP contribution < -0.4 is 19.1 Å². The molecule has 28 heavy (non-hydrogen) atoms. The second kappa shape index (κ2) is 7.01. The van der Waals surface area contributed by atoms with Gasteiger partial charge < -0.3 is 14.4 Å². The molecule has 1 N–H and O–H groups in total. The molecule has 2 aromatic carbocycles. The molecule has 0 bridgehead atoms. The molecule has 1 aliphatic rings. The summed E-state index contributed by atoms with van der Waals surface area (Å²) in [6, 6.07) is 9.67. The predicted octanol–water partition coefficient (Wildman–Crippen LogP) is 3.15. The minimum Gasteiger partial charge on any atom is -0.497 e. The Labute approximate surface area is 165 Å². The molecule has 2 aromatic rings. The molecule has 0 fully saturated rings. The lowest BCUT2D eigenvalue weighted by Crippen LogP contribution is -2.31. The molecule has 0 radical (unpaired) electrons. The van der Waals surface area contributed by atoms with E-state index in [1.165, 1.54) is 27.2 Å². The van der Waals surface area contributed by atoms with Crippen molar-refractivity contribution in [1.82, 2.24) is 0 Å². The van der Waals surface area contributed by atoms with E-state index in [1.807, 2.05) is 13.8 Å². The Morgan fingerprint density at radius 1 is 1.11 bits per heavy atom. The Balaban J connectivity index is 1.99. The number of nitrogens with one attached hydrogen (secondary N) is 1. The molecule has 0 unspecified atom stereocenters. The van der Waals surface area contributed by atoms with Gasteiger partial charge in [0.25, 0.3) is 10.0 Å². The topological polar surface area (TPSA) is 84.9 Å². The number of carbonyl (C=O) groups excluding carboxylic acids is 1. The van der Waals surface area contributed by atoms with Gasteiger partial charge in [-0.15, -0.1) is 0 Å². The summed E-state index contributed by atoms with van der Waals surface area (Å²) < 4.78 is 38.9. The van der Waals surface area contributed by atoms with Crippen molar-refractivity contribution in [2.75, 3.05) is 30.4 Å². The maximum atomic E-state index is 13.0. The Hall–Kier alpha value is -2.74. The van der Waals surface area contributed by atoms with E-state index < -0.39 is 10.0 Å². The number of hydrogen-bond donors (Lipinski definition) is 1. The van der Waals surface area contributed by atoms with Crippen LogP contribution >= 0.6 is 0 Å². The van der Waals surface area contributed by atoms with E-state index >= 15 is 0 Å². The van der Waals surface area contributed by atoms with Crippen LogP contribution in [0.15, 0.2) is 41.3 Å². The summed E-state index contributed by atoms with van der Waals surface area (Å²) in [5.74, 6) is 0.846. The first-order valence-electron chi connectivity index (χ1n) is 8.76. The fraction of sp³-hybridized carbons (Fsp3) is 0.350. The van der Waals surface area contributed by atoms with Gasteiger partial charge >= 0.3 is 0 Å². The number of nitrogens with zero attached hydrogens (tertiary/aromatic N) is 1. The summed E-state index contributed by atoms with van der Waals surface area (Å²) >= 11 is 0. The second-order valence-electron chi connectivity index (χ2n) is 7.34. The first-order chi connectivity index (χ1) is 13.1. The Kier molecular flexibility index (Phi) is 5.01. The van der Waals surface area contributed by atoms with Crippen molar-refractivity contribution in [3.63, 3.8) is 0 Å². The van der Waals surface area contributed by atoms with E-state index in [0.717, 1.165) is 11.3 Å². The molecule has 8 heteroatoms. The molecule has 1 heterocycles. The van der Waals surface area contributed by atoms with Crippen molar-refractivity contribution < 1.29 is 22.7 Å². The Morgan fingerprint density at radius 2 is 1.82 bits per heavy atom. The van der Waals surface area contributed by atoms with Gasteiger partial charge in [-0.3, -0.25) is 9.52 Å². The maximum absolute atomic E-state index is 13.0. The third-order valence-electron chi connectivity index (χ3n) is 4.88. The molecular formula is C20H24N2O5S.